The molecule has 140 valence electrons. The summed E-state index contributed by atoms with van der Waals surface area (Å²) in [7, 11) is 0. The Hall–Kier alpha value is -3.88. The third-order valence-corrected chi connectivity index (χ3v) is 4.16. The highest BCUT2D eigenvalue weighted by atomic mass is 16.2. The number of nitrogens with one attached hydrogen (secondary N) is 2. The molecule has 3 heterocycles. The molecule has 0 aliphatic heterocycles. The number of amides is 1. The lowest BCUT2D eigenvalue weighted by Crippen LogP contribution is -2.31. The van der Waals surface area contributed by atoms with Crippen molar-refractivity contribution in [2.45, 2.75) is 19.9 Å². The second-order valence-corrected chi connectivity index (χ2v) is 6.13. The van der Waals surface area contributed by atoms with Crippen molar-refractivity contribution in [2.75, 3.05) is 5.43 Å². The first-order valence-electron chi connectivity index (χ1n) is 8.82. The molecular formula is C19H18N8O. The van der Waals surface area contributed by atoms with Gasteiger partial charge in [0.25, 0.3) is 5.95 Å². The maximum absolute atomic E-state index is 12.2. The fourth-order valence-corrected chi connectivity index (χ4v) is 2.72. The van der Waals surface area contributed by atoms with Crippen molar-refractivity contribution >= 4 is 22.8 Å². The maximum atomic E-state index is 12.2. The average molecular weight is 374 g/mol. The molecule has 1 amide bonds. The minimum atomic E-state index is -0.208. The summed E-state index contributed by atoms with van der Waals surface area (Å²) in [4.78, 5) is 20.6. The summed E-state index contributed by atoms with van der Waals surface area (Å²) in [5, 5.41) is 13.3. The van der Waals surface area contributed by atoms with Crippen LogP contribution in [0.1, 0.15) is 12.5 Å². The first-order valence-corrected chi connectivity index (χ1v) is 8.82. The van der Waals surface area contributed by atoms with Gasteiger partial charge in [-0.05, 0) is 30.7 Å². The van der Waals surface area contributed by atoms with E-state index in [2.05, 4.69) is 36.1 Å². The average Bonchev–Trinajstić information content (AvgIpc) is 3.22. The molecule has 0 unspecified atom stereocenters. The number of hydrogen-bond donors (Lipinski definition) is 2. The van der Waals surface area contributed by atoms with Crippen LogP contribution in [-0.4, -0.2) is 35.9 Å². The predicted molar refractivity (Wildman–Crippen MR) is 104 cm³/mol. The van der Waals surface area contributed by atoms with E-state index in [0.29, 0.717) is 5.69 Å². The quantitative estimate of drug-likeness (QED) is 0.497. The lowest BCUT2D eigenvalue weighted by atomic mass is 10.1. The van der Waals surface area contributed by atoms with Gasteiger partial charge in [0.15, 0.2) is 0 Å². The highest BCUT2D eigenvalue weighted by Crippen LogP contribution is 2.15. The molecule has 3 aromatic heterocycles. The van der Waals surface area contributed by atoms with Gasteiger partial charge in [0.1, 0.15) is 5.69 Å². The Kier molecular flexibility index (Phi) is 4.87. The molecule has 0 radical (unpaired) electrons. The molecule has 28 heavy (non-hydrogen) atoms. The number of fused-ring (bicyclic) bond motifs is 1. The van der Waals surface area contributed by atoms with Crippen molar-refractivity contribution in [3.63, 3.8) is 0 Å². The molecule has 0 saturated carbocycles. The van der Waals surface area contributed by atoms with Crippen LogP contribution in [0.3, 0.4) is 0 Å². The van der Waals surface area contributed by atoms with Crippen molar-refractivity contribution < 1.29 is 4.79 Å². The van der Waals surface area contributed by atoms with E-state index in [1.807, 2.05) is 43.5 Å². The third-order valence-electron chi connectivity index (χ3n) is 4.16. The summed E-state index contributed by atoms with van der Waals surface area (Å²) in [5.74, 6) is 0.00262. The fourth-order valence-electron chi connectivity index (χ4n) is 2.72. The normalized spacial score (nSPS) is 10.8. The van der Waals surface area contributed by atoms with E-state index in [1.54, 1.807) is 23.3 Å². The number of carbonyl (C=O) groups excluding carboxylic acids is 1. The van der Waals surface area contributed by atoms with E-state index in [9.17, 15) is 4.79 Å². The molecule has 1 aromatic carbocycles. The topological polar surface area (TPSA) is 111 Å². The number of rotatable bonds is 6. The Labute approximate surface area is 160 Å². The van der Waals surface area contributed by atoms with Crippen LogP contribution in [0.25, 0.3) is 22.2 Å². The van der Waals surface area contributed by atoms with Crippen molar-refractivity contribution in [1.29, 1.82) is 0 Å². The van der Waals surface area contributed by atoms with Gasteiger partial charge in [0.2, 0.25) is 5.91 Å². The van der Waals surface area contributed by atoms with Crippen molar-refractivity contribution in [3.8, 4) is 11.3 Å². The van der Waals surface area contributed by atoms with E-state index in [4.69, 9.17) is 0 Å². The van der Waals surface area contributed by atoms with Gasteiger partial charge in [0.05, 0.1) is 24.3 Å². The number of aromatic nitrogens is 6. The second kappa shape index (κ2) is 7.78. The van der Waals surface area contributed by atoms with Crippen molar-refractivity contribution in [3.05, 3.63) is 60.7 Å². The lowest BCUT2D eigenvalue weighted by Gasteiger charge is -2.07. The van der Waals surface area contributed by atoms with Crippen LogP contribution in [0.4, 0.5) is 5.95 Å². The summed E-state index contributed by atoms with van der Waals surface area (Å²) in [6, 6.07) is 9.57. The number of carbonyl (C=O) groups is 1. The van der Waals surface area contributed by atoms with Crippen molar-refractivity contribution in [1.82, 2.24) is 35.4 Å². The maximum Gasteiger partial charge on any atom is 0.261 e. The Balaban J connectivity index is 1.34. The van der Waals surface area contributed by atoms with Crippen LogP contribution in [-0.2, 0) is 17.8 Å². The van der Waals surface area contributed by atoms with Gasteiger partial charge in [0, 0.05) is 29.9 Å². The summed E-state index contributed by atoms with van der Waals surface area (Å²) >= 11 is 0. The summed E-state index contributed by atoms with van der Waals surface area (Å²) in [6.45, 7) is 2.78. The second-order valence-electron chi connectivity index (χ2n) is 6.13. The standard InChI is InChI=1S/C19H18N8O/c1-2-27-12-15(10-22-27)17-11-21-19(25-23-17)26-24-18(28)9-13-5-6-16-14(8-13)4-3-7-20-16/h3-8,10-12H,2,9H2,1H3,(H,24,28)(H,21,25,26). The lowest BCUT2D eigenvalue weighted by molar-refractivity contribution is -0.119. The molecular weight excluding hydrogens is 356 g/mol. The monoisotopic (exact) mass is 374 g/mol. The summed E-state index contributed by atoms with van der Waals surface area (Å²) in [6.07, 6.45) is 7.13. The first kappa shape index (κ1) is 17.5. The molecule has 0 saturated heterocycles. The highest BCUT2D eigenvalue weighted by Gasteiger charge is 2.07. The van der Waals surface area contributed by atoms with E-state index < -0.39 is 0 Å². The zero-order chi connectivity index (χ0) is 19.3. The molecule has 0 atom stereocenters. The minimum Gasteiger partial charge on any atom is -0.273 e. The van der Waals surface area contributed by atoms with Gasteiger partial charge in [-0.2, -0.15) is 5.10 Å². The minimum absolute atomic E-state index is 0.208. The molecule has 0 spiro atoms. The Morgan fingerprint density at radius 2 is 2.07 bits per heavy atom. The van der Waals surface area contributed by atoms with E-state index >= 15 is 0 Å². The number of pyridine rings is 1. The van der Waals surface area contributed by atoms with E-state index in [-0.39, 0.29) is 18.3 Å². The van der Waals surface area contributed by atoms with Crippen LogP contribution < -0.4 is 10.9 Å². The molecule has 4 rings (SSSR count). The number of hydrazine groups is 1. The fraction of sp³-hybridized carbons (Fsp3) is 0.158. The van der Waals surface area contributed by atoms with Crippen LogP contribution >= 0.6 is 0 Å². The number of hydrogen-bond acceptors (Lipinski definition) is 7. The van der Waals surface area contributed by atoms with Crippen LogP contribution in [0.15, 0.2) is 55.1 Å². The first-order chi connectivity index (χ1) is 13.7. The van der Waals surface area contributed by atoms with Gasteiger partial charge in [-0.3, -0.25) is 25.3 Å². The van der Waals surface area contributed by atoms with Crippen molar-refractivity contribution in [2.24, 2.45) is 0 Å². The summed E-state index contributed by atoms with van der Waals surface area (Å²) < 4.78 is 1.80. The molecule has 9 nitrogen and oxygen atoms in total. The zero-order valence-electron chi connectivity index (χ0n) is 15.2. The SMILES string of the molecule is CCn1cc(-c2cnc(NNC(=O)Cc3ccc4ncccc4c3)nn2)cn1. The predicted octanol–water partition coefficient (Wildman–Crippen LogP) is 1.99. The molecule has 0 fully saturated rings. The van der Waals surface area contributed by atoms with Gasteiger partial charge < -0.3 is 0 Å². The molecule has 2 N–H and O–H groups in total. The highest BCUT2D eigenvalue weighted by molar-refractivity contribution is 5.83. The number of nitrogens with zero attached hydrogens (tertiary/aromatic N) is 6. The van der Waals surface area contributed by atoms with Crippen LogP contribution in [0.5, 0.6) is 0 Å². The van der Waals surface area contributed by atoms with Gasteiger partial charge >= 0.3 is 0 Å². The van der Waals surface area contributed by atoms with E-state index in [0.717, 1.165) is 28.6 Å². The molecule has 9 heteroatoms. The smallest absolute Gasteiger partial charge is 0.261 e. The largest absolute Gasteiger partial charge is 0.273 e. The Bertz CT molecular complexity index is 1110. The molecule has 0 bridgehead atoms. The van der Waals surface area contributed by atoms with Gasteiger partial charge in [-0.1, -0.05) is 12.1 Å². The number of benzene rings is 1. The Morgan fingerprint density at radius 3 is 2.86 bits per heavy atom. The van der Waals surface area contributed by atoms with Gasteiger partial charge in [-0.15, -0.1) is 10.2 Å². The molecule has 0 aliphatic carbocycles. The molecule has 4 aromatic rings. The van der Waals surface area contributed by atoms with Crippen LogP contribution in [0.2, 0.25) is 0 Å². The van der Waals surface area contributed by atoms with Gasteiger partial charge in [-0.25, -0.2) is 4.98 Å². The third kappa shape index (κ3) is 3.93. The van der Waals surface area contributed by atoms with Crippen LogP contribution in [0, 0.1) is 0 Å². The Morgan fingerprint density at radius 1 is 1.14 bits per heavy atom. The number of anilines is 1. The van der Waals surface area contributed by atoms with E-state index in [1.165, 1.54) is 0 Å². The molecule has 0 aliphatic rings. The number of aryl methyl sites for hydroxylation is 1. The zero-order valence-corrected chi connectivity index (χ0v) is 15.2. The summed E-state index contributed by atoms with van der Waals surface area (Å²) in [5.41, 5.74) is 8.50.